The third kappa shape index (κ3) is 9.85. The van der Waals surface area contributed by atoms with Crippen LogP contribution in [0.5, 0.6) is 5.75 Å². The molecule has 0 saturated carbocycles. The van der Waals surface area contributed by atoms with Gasteiger partial charge < -0.3 is 0 Å². The Morgan fingerprint density at radius 1 is 0.535 bits per heavy atom. The summed E-state index contributed by atoms with van der Waals surface area (Å²) in [7, 11) is 0. The number of aromatic hydroxyl groups is 1. The van der Waals surface area contributed by atoms with E-state index in [0.29, 0.717) is 5.82 Å². The Balaban J connectivity index is 1.32. The molecule has 0 radical (unpaired) electrons. The van der Waals surface area contributed by atoms with Gasteiger partial charge in [-0.3, -0.25) is 0 Å². The van der Waals surface area contributed by atoms with Crippen molar-refractivity contribution in [2.24, 2.45) is 5.41 Å². The number of hydrogen-bond donors (Lipinski definition) is 1. The summed E-state index contributed by atoms with van der Waals surface area (Å²) in [6.45, 7) is 36.2. The summed E-state index contributed by atoms with van der Waals surface area (Å²) in [5.74, 6) is 0.975. The molecular formula is C66H73N3OSe. The predicted molar refractivity (Wildman–Crippen MR) is 305 cm³/mol. The van der Waals surface area contributed by atoms with Gasteiger partial charge in [0.25, 0.3) is 0 Å². The second kappa shape index (κ2) is 17.9. The number of benzene rings is 6. The normalized spacial score (nSPS) is 12.9. The van der Waals surface area contributed by atoms with Gasteiger partial charge >= 0.3 is 312 Å². The van der Waals surface area contributed by atoms with Crippen molar-refractivity contribution in [1.82, 2.24) is 14.5 Å². The molecule has 0 spiro atoms. The first-order chi connectivity index (χ1) is 33.2. The van der Waals surface area contributed by atoms with Crippen molar-refractivity contribution >= 4 is 35.2 Å². The first kappa shape index (κ1) is 50.0. The molecule has 3 heterocycles. The van der Waals surface area contributed by atoms with Crippen molar-refractivity contribution in [2.45, 2.75) is 139 Å². The molecule has 71 heavy (non-hydrogen) atoms. The summed E-state index contributed by atoms with van der Waals surface area (Å²) in [4.78, 5) is 11.0. The fourth-order valence-corrected chi connectivity index (χ4v) is 12.7. The Bertz CT molecular complexity index is 3460. The summed E-state index contributed by atoms with van der Waals surface area (Å²) < 4.78 is 5.08. The van der Waals surface area contributed by atoms with Crippen LogP contribution in [0, 0.1) is 12.3 Å². The molecule has 0 atom stereocenters. The van der Waals surface area contributed by atoms with Crippen LogP contribution in [0.2, 0.25) is 0 Å². The Morgan fingerprint density at radius 2 is 1.17 bits per heavy atom. The van der Waals surface area contributed by atoms with E-state index in [1.54, 1.807) is 0 Å². The second-order valence-corrected chi connectivity index (χ2v) is 27.4. The molecule has 0 saturated heterocycles. The van der Waals surface area contributed by atoms with Crippen molar-refractivity contribution < 1.29 is 5.11 Å². The van der Waals surface area contributed by atoms with Gasteiger partial charge in [0.2, 0.25) is 0 Å². The molecule has 0 fully saturated rings. The van der Waals surface area contributed by atoms with Crippen molar-refractivity contribution in [1.29, 1.82) is 0 Å². The van der Waals surface area contributed by atoms with Crippen LogP contribution in [0.4, 0.5) is 0 Å². The Labute approximate surface area is 430 Å². The number of hydrogen-bond acceptors (Lipinski definition) is 3. The molecule has 0 aliphatic heterocycles. The van der Waals surface area contributed by atoms with Crippen molar-refractivity contribution in [3.8, 4) is 66.3 Å². The predicted octanol–water partition coefficient (Wildman–Crippen LogP) is 17.8. The zero-order chi connectivity index (χ0) is 51.2. The third-order valence-electron chi connectivity index (χ3n) is 14.1. The van der Waals surface area contributed by atoms with Crippen LogP contribution in [0.25, 0.3) is 81.3 Å². The number of fused-ring (bicyclic) bond motifs is 2. The van der Waals surface area contributed by atoms with Crippen molar-refractivity contribution in [2.75, 3.05) is 0 Å². The second-order valence-electron chi connectivity index (χ2n) is 25.3. The minimum atomic E-state index is -0.325. The van der Waals surface area contributed by atoms with Gasteiger partial charge in [-0.15, -0.1) is 0 Å². The van der Waals surface area contributed by atoms with Gasteiger partial charge in [-0.25, -0.2) is 0 Å². The summed E-state index contributed by atoms with van der Waals surface area (Å²) in [5.41, 5.74) is 18.2. The summed E-state index contributed by atoms with van der Waals surface area (Å²) >= 11 is 0.0641. The fourth-order valence-electron chi connectivity index (χ4n) is 9.98. The molecule has 6 aromatic carbocycles. The van der Waals surface area contributed by atoms with Gasteiger partial charge in [-0.05, 0) is 21.8 Å². The third-order valence-corrected chi connectivity index (χ3v) is 16.9. The quantitative estimate of drug-likeness (QED) is 0.162. The Kier molecular flexibility index (Phi) is 12.6. The van der Waals surface area contributed by atoms with Crippen molar-refractivity contribution in [3.63, 3.8) is 0 Å². The molecule has 1 N–H and O–H groups in total. The van der Waals surface area contributed by atoms with E-state index in [0.717, 1.165) is 73.3 Å². The number of imidazole rings is 1. The number of para-hydroxylation sites is 1. The van der Waals surface area contributed by atoms with E-state index >= 15 is 0 Å². The van der Waals surface area contributed by atoms with E-state index in [1.807, 2.05) is 6.20 Å². The van der Waals surface area contributed by atoms with E-state index in [9.17, 15) is 5.11 Å². The molecule has 0 aliphatic carbocycles. The number of pyridine rings is 1. The molecule has 9 rings (SSSR count). The van der Waals surface area contributed by atoms with E-state index in [1.165, 1.54) is 41.9 Å². The van der Waals surface area contributed by atoms with Crippen LogP contribution in [0.3, 0.4) is 0 Å². The zero-order valence-corrected chi connectivity index (χ0v) is 46.8. The average molecular weight is 1000 g/mol. The van der Waals surface area contributed by atoms with Crippen LogP contribution in [-0.2, 0) is 28.1 Å². The number of rotatable bonds is 7. The van der Waals surface area contributed by atoms with E-state index in [2.05, 4.69) is 243 Å². The fraction of sp³-hybridized carbons (Fsp3) is 0.333. The maximum absolute atomic E-state index is 12.7. The Morgan fingerprint density at radius 3 is 1.80 bits per heavy atom. The molecule has 0 amide bonds. The molecule has 3 aromatic heterocycles. The average Bonchev–Trinajstić information content (AvgIpc) is 3.85. The van der Waals surface area contributed by atoms with Crippen molar-refractivity contribution in [3.05, 3.63) is 167 Å². The molecule has 0 bridgehead atoms. The van der Waals surface area contributed by atoms with E-state index in [4.69, 9.17) is 9.97 Å². The maximum atomic E-state index is 12.7. The molecular weight excluding hydrogens is 930 g/mol. The summed E-state index contributed by atoms with van der Waals surface area (Å²) in [6, 6.07) is 47.2. The number of aryl methyl sites for hydroxylation is 1. The van der Waals surface area contributed by atoms with Crippen LogP contribution in [0.1, 0.15) is 137 Å². The molecule has 0 unspecified atom stereocenters. The first-order valence-corrected chi connectivity index (χ1v) is 27.1. The van der Waals surface area contributed by atoms with E-state index < -0.39 is 0 Å². The summed E-state index contributed by atoms with van der Waals surface area (Å²) in [6.07, 6.45) is 3.05. The van der Waals surface area contributed by atoms with Crippen LogP contribution in [-0.4, -0.2) is 34.1 Å². The molecule has 364 valence electrons. The SMILES string of the molecule is Cc1c(-c2ccc(CC(C)(C)C)cc2)[se]c2c(-c3cc(-c4cccc5c4nc(-c4cc(C(C)(C)C)cc(C(C)(C)C)c4O)n5-c4ccc(C(C)(C)C)cc4-c4ccccc4)cc(C(C)(C)C)c3)nccc12. The summed E-state index contributed by atoms with van der Waals surface area (Å²) in [5, 5.41) is 14.0. The van der Waals surface area contributed by atoms with Gasteiger partial charge in [0.1, 0.15) is 0 Å². The Hall–Kier alpha value is -6.00. The van der Waals surface area contributed by atoms with Crippen LogP contribution >= 0.6 is 0 Å². The van der Waals surface area contributed by atoms with Gasteiger partial charge in [-0.1, -0.05) is 98.7 Å². The number of nitrogens with zero attached hydrogens (tertiary/aromatic N) is 3. The van der Waals surface area contributed by atoms with Gasteiger partial charge in [-0.2, -0.15) is 0 Å². The van der Waals surface area contributed by atoms with Gasteiger partial charge in [0.15, 0.2) is 0 Å². The molecule has 4 nitrogen and oxygen atoms in total. The number of phenolic OH excluding ortho intramolecular Hbond substituents is 1. The van der Waals surface area contributed by atoms with E-state index in [-0.39, 0.29) is 47.3 Å². The van der Waals surface area contributed by atoms with Gasteiger partial charge in [0, 0.05) is 0 Å². The minimum absolute atomic E-state index is 0.0641. The van der Waals surface area contributed by atoms with Crippen LogP contribution in [0.15, 0.2) is 134 Å². The molecule has 5 heteroatoms. The topological polar surface area (TPSA) is 50.9 Å². The number of phenols is 1. The van der Waals surface area contributed by atoms with Gasteiger partial charge in [0.05, 0.1) is 0 Å². The standard InChI is InChI=1S/C66H73N3OSe/c1-40-49-31-32-67-56(60(49)71-59(40)43-27-25-41(26-28-43)39-62(2,3)4)45-33-44(34-47(35-45)64(8,9)10)50-23-20-24-55-57(50)68-61(52-37-48(65(11,12)13)38-53(58(52)70)66(14,15)16)69(55)54-30-29-46(63(5,6)7)36-51(54)42-21-18-17-19-22-42/h17-38,70H,39H2,1-16H3. The zero-order valence-electron chi connectivity index (χ0n) is 45.1. The molecule has 9 aromatic rings. The number of aromatic nitrogens is 3. The first-order valence-electron chi connectivity index (χ1n) is 25.4. The monoisotopic (exact) mass is 1000 g/mol. The molecule has 0 aliphatic rings. The van der Waals surface area contributed by atoms with Crippen LogP contribution < -0.4 is 0 Å².